The highest BCUT2D eigenvalue weighted by atomic mass is 16.4. The monoisotopic (exact) mass is 249 g/mol. The van der Waals surface area contributed by atoms with Crippen molar-refractivity contribution in [1.29, 1.82) is 0 Å². The summed E-state index contributed by atoms with van der Waals surface area (Å²) < 4.78 is 5.36. The Bertz CT molecular complexity index is 467. The zero-order chi connectivity index (χ0) is 12.7. The van der Waals surface area contributed by atoms with Gasteiger partial charge in [-0.05, 0) is 31.4 Å². The van der Waals surface area contributed by atoms with Crippen LogP contribution in [0.25, 0.3) is 0 Å². The largest absolute Gasteiger partial charge is 0.481 e. The number of nitrogens with zero attached hydrogens (tertiary/aromatic N) is 1. The second-order valence-corrected chi connectivity index (χ2v) is 4.99. The Morgan fingerprint density at radius 2 is 2.22 bits per heavy atom. The first kappa shape index (κ1) is 11.3. The maximum Gasteiger partial charge on any atom is 0.307 e. The van der Waals surface area contributed by atoms with Crippen LogP contribution in [0.5, 0.6) is 0 Å². The topological polar surface area (TPSA) is 70.8 Å². The Labute approximate surface area is 104 Å². The van der Waals surface area contributed by atoms with Crippen LogP contribution >= 0.6 is 0 Å². The van der Waals surface area contributed by atoms with Crippen molar-refractivity contribution in [3.8, 4) is 0 Å². The second kappa shape index (κ2) is 4.15. The first-order chi connectivity index (χ1) is 8.68. The lowest BCUT2D eigenvalue weighted by atomic mass is 10.1. The smallest absolute Gasteiger partial charge is 0.307 e. The van der Waals surface area contributed by atoms with Crippen molar-refractivity contribution in [2.45, 2.75) is 25.3 Å². The van der Waals surface area contributed by atoms with Crippen LogP contribution in [0.3, 0.4) is 0 Å². The van der Waals surface area contributed by atoms with Gasteiger partial charge in [0.15, 0.2) is 0 Å². The lowest BCUT2D eigenvalue weighted by Crippen LogP contribution is -2.32. The summed E-state index contributed by atoms with van der Waals surface area (Å²) in [7, 11) is 0. The summed E-state index contributed by atoms with van der Waals surface area (Å²) in [6.45, 7) is 0.701. The Kier molecular flexibility index (Phi) is 2.61. The molecule has 0 unspecified atom stereocenters. The number of rotatable bonds is 3. The van der Waals surface area contributed by atoms with Crippen LogP contribution in [0.15, 0.2) is 22.8 Å². The van der Waals surface area contributed by atoms with Gasteiger partial charge < -0.3 is 14.4 Å². The van der Waals surface area contributed by atoms with Crippen LogP contribution in [0.2, 0.25) is 0 Å². The Morgan fingerprint density at radius 3 is 2.83 bits per heavy atom. The number of hydrogen-bond donors (Lipinski definition) is 1. The van der Waals surface area contributed by atoms with Gasteiger partial charge in [-0.2, -0.15) is 0 Å². The first-order valence-corrected chi connectivity index (χ1v) is 6.25. The maximum atomic E-state index is 12.2. The summed E-state index contributed by atoms with van der Waals surface area (Å²) in [4.78, 5) is 24.8. The molecule has 1 aliphatic carbocycles. The molecule has 2 fully saturated rings. The maximum absolute atomic E-state index is 12.2. The molecule has 96 valence electrons. The highest BCUT2D eigenvalue weighted by Crippen LogP contribution is 2.43. The highest BCUT2D eigenvalue weighted by molar-refractivity contribution is 5.89. The van der Waals surface area contributed by atoms with Crippen LogP contribution < -0.4 is 0 Å². The fourth-order valence-electron chi connectivity index (χ4n) is 2.76. The summed E-state index contributed by atoms with van der Waals surface area (Å²) in [6.07, 6.45) is 3.92. The molecule has 2 aliphatic rings. The van der Waals surface area contributed by atoms with E-state index < -0.39 is 11.9 Å². The SMILES string of the molecule is O=C(O)[C@@H]1C[C@@H]1C(=O)N1CCC[C@@H]1c1ccco1. The minimum Gasteiger partial charge on any atom is -0.481 e. The third-order valence-corrected chi connectivity index (χ3v) is 3.83. The molecule has 1 N–H and O–H groups in total. The van der Waals surface area contributed by atoms with Crippen LogP contribution in [0.4, 0.5) is 0 Å². The predicted molar refractivity (Wildman–Crippen MR) is 61.6 cm³/mol. The molecule has 2 heterocycles. The molecule has 0 bridgehead atoms. The lowest BCUT2D eigenvalue weighted by Gasteiger charge is -2.23. The van der Waals surface area contributed by atoms with Gasteiger partial charge in [0, 0.05) is 6.54 Å². The number of carbonyl (C=O) groups excluding carboxylic acids is 1. The van der Waals surface area contributed by atoms with Crippen molar-refractivity contribution in [2.75, 3.05) is 6.54 Å². The number of aliphatic carboxylic acids is 1. The van der Waals surface area contributed by atoms with Gasteiger partial charge >= 0.3 is 5.97 Å². The fraction of sp³-hybridized carbons (Fsp3) is 0.538. The highest BCUT2D eigenvalue weighted by Gasteiger charge is 2.51. The van der Waals surface area contributed by atoms with Gasteiger partial charge in [-0.15, -0.1) is 0 Å². The molecule has 1 saturated carbocycles. The molecule has 5 nitrogen and oxygen atoms in total. The van der Waals surface area contributed by atoms with Crippen LogP contribution in [-0.2, 0) is 9.59 Å². The Balaban J connectivity index is 1.72. The fourth-order valence-corrected chi connectivity index (χ4v) is 2.76. The van der Waals surface area contributed by atoms with Gasteiger partial charge in [0.1, 0.15) is 5.76 Å². The van der Waals surface area contributed by atoms with E-state index in [-0.39, 0.29) is 17.9 Å². The number of carboxylic acids is 1. The number of carbonyl (C=O) groups is 2. The van der Waals surface area contributed by atoms with Crippen molar-refractivity contribution in [2.24, 2.45) is 11.8 Å². The first-order valence-electron chi connectivity index (χ1n) is 6.25. The van der Waals surface area contributed by atoms with Crippen LogP contribution in [-0.4, -0.2) is 28.4 Å². The number of carboxylic acid groups (broad SMARTS) is 1. The van der Waals surface area contributed by atoms with E-state index in [1.165, 1.54) is 0 Å². The number of hydrogen-bond acceptors (Lipinski definition) is 3. The van der Waals surface area contributed by atoms with Crippen molar-refractivity contribution in [3.05, 3.63) is 24.2 Å². The van der Waals surface area contributed by atoms with Gasteiger partial charge in [0.2, 0.25) is 5.91 Å². The van der Waals surface area contributed by atoms with Crippen molar-refractivity contribution < 1.29 is 19.1 Å². The van der Waals surface area contributed by atoms with E-state index in [9.17, 15) is 9.59 Å². The molecule has 18 heavy (non-hydrogen) atoms. The van der Waals surface area contributed by atoms with E-state index in [0.29, 0.717) is 13.0 Å². The van der Waals surface area contributed by atoms with Crippen molar-refractivity contribution in [3.63, 3.8) is 0 Å². The standard InChI is InChI=1S/C13H15NO4/c15-12(8-7-9(8)13(16)17)14-5-1-3-10(14)11-4-2-6-18-11/h2,4,6,8-10H,1,3,5,7H2,(H,16,17)/t8-,9+,10+/m0/s1. The van der Waals surface area contributed by atoms with E-state index in [4.69, 9.17) is 9.52 Å². The van der Waals surface area contributed by atoms with Crippen molar-refractivity contribution in [1.82, 2.24) is 4.90 Å². The van der Waals surface area contributed by atoms with Crippen LogP contribution in [0, 0.1) is 11.8 Å². The molecule has 1 saturated heterocycles. The van der Waals surface area contributed by atoms with Crippen molar-refractivity contribution >= 4 is 11.9 Å². The number of furan rings is 1. The van der Waals surface area contributed by atoms with Gasteiger partial charge in [-0.25, -0.2) is 0 Å². The summed E-state index contributed by atoms with van der Waals surface area (Å²) in [6, 6.07) is 3.67. The molecule has 1 aliphatic heterocycles. The van der Waals surface area contributed by atoms with E-state index in [1.807, 2.05) is 12.1 Å². The minimum atomic E-state index is -0.859. The summed E-state index contributed by atoms with van der Waals surface area (Å²) in [5, 5.41) is 8.88. The van der Waals surface area contributed by atoms with Gasteiger partial charge in [-0.1, -0.05) is 0 Å². The lowest BCUT2D eigenvalue weighted by molar-refractivity contribution is -0.142. The van der Waals surface area contributed by atoms with Gasteiger partial charge in [0.25, 0.3) is 0 Å². The Morgan fingerprint density at radius 1 is 1.39 bits per heavy atom. The molecule has 0 radical (unpaired) electrons. The van der Waals surface area contributed by atoms with Gasteiger partial charge in [0.05, 0.1) is 24.1 Å². The Hall–Kier alpha value is -1.78. The molecule has 0 spiro atoms. The predicted octanol–water partition coefficient (Wildman–Crippen LogP) is 1.66. The van der Waals surface area contributed by atoms with E-state index in [1.54, 1.807) is 11.2 Å². The molecule has 1 aromatic heterocycles. The molecule has 1 amide bonds. The number of likely N-dealkylation sites (tertiary alicyclic amines) is 1. The zero-order valence-corrected chi connectivity index (χ0v) is 9.91. The minimum absolute atomic E-state index is 0.0115. The second-order valence-electron chi connectivity index (χ2n) is 4.99. The summed E-state index contributed by atoms with van der Waals surface area (Å²) >= 11 is 0. The summed E-state index contributed by atoms with van der Waals surface area (Å²) in [5.41, 5.74) is 0. The third kappa shape index (κ3) is 1.79. The normalized spacial score (nSPS) is 30.4. The average molecular weight is 249 g/mol. The molecule has 5 heteroatoms. The molecular formula is C13H15NO4. The van der Waals surface area contributed by atoms with Gasteiger partial charge in [-0.3, -0.25) is 9.59 Å². The van der Waals surface area contributed by atoms with Crippen LogP contribution in [0.1, 0.15) is 31.1 Å². The quantitative estimate of drug-likeness (QED) is 0.884. The van der Waals surface area contributed by atoms with E-state index in [2.05, 4.69) is 0 Å². The summed E-state index contributed by atoms with van der Waals surface area (Å²) in [5.74, 6) is -0.884. The zero-order valence-electron chi connectivity index (χ0n) is 9.91. The average Bonchev–Trinajstić information content (AvgIpc) is 2.78. The molecule has 3 atom stereocenters. The molecule has 0 aromatic carbocycles. The molecule has 1 aromatic rings. The third-order valence-electron chi connectivity index (χ3n) is 3.83. The molecule has 3 rings (SSSR count). The van der Waals surface area contributed by atoms with E-state index in [0.717, 1.165) is 18.6 Å². The van der Waals surface area contributed by atoms with E-state index >= 15 is 0 Å². The molecular weight excluding hydrogens is 234 g/mol. The number of amides is 1.